The molecule has 0 saturated carbocycles. The van der Waals surface area contributed by atoms with E-state index in [2.05, 4.69) is 51.6 Å². The smallest absolute Gasteiger partial charge is 0.104 e. The maximum Gasteiger partial charge on any atom is 0.104 e. The number of hydrogen-bond acceptors (Lipinski definition) is 0. The van der Waals surface area contributed by atoms with Gasteiger partial charge in [-0.3, -0.25) is 0 Å². The summed E-state index contributed by atoms with van der Waals surface area (Å²) in [5.41, 5.74) is 2.74. The van der Waals surface area contributed by atoms with Gasteiger partial charge in [-0.1, -0.05) is 96.2 Å². The summed E-state index contributed by atoms with van der Waals surface area (Å²) in [4.78, 5) is 0. The summed E-state index contributed by atoms with van der Waals surface area (Å²) in [6.45, 7) is 16.2. The highest BCUT2D eigenvalue weighted by Gasteiger charge is 2.26. The van der Waals surface area contributed by atoms with E-state index in [4.69, 9.17) is 0 Å². The molecule has 0 spiro atoms. The maximum absolute atomic E-state index is 3.91. The molecule has 0 aliphatic rings. The van der Waals surface area contributed by atoms with Crippen molar-refractivity contribution in [3.63, 3.8) is 0 Å². The lowest BCUT2D eigenvalue weighted by Gasteiger charge is -2.39. The van der Waals surface area contributed by atoms with Crippen LogP contribution in [0.4, 0.5) is 0 Å². The van der Waals surface area contributed by atoms with Crippen LogP contribution in [0.15, 0.2) is 30.8 Å². The highest BCUT2D eigenvalue weighted by molar-refractivity contribution is 5.47. The molecular formula is C27H48BrN. The molecule has 0 amide bonds. The zero-order valence-electron chi connectivity index (χ0n) is 19.7. The van der Waals surface area contributed by atoms with E-state index in [1.165, 1.54) is 119 Å². The Hall–Kier alpha value is -0.600. The van der Waals surface area contributed by atoms with Crippen LogP contribution in [0.5, 0.6) is 0 Å². The van der Waals surface area contributed by atoms with Crippen molar-refractivity contribution in [3.05, 3.63) is 42.0 Å². The van der Waals surface area contributed by atoms with Gasteiger partial charge in [0.1, 0.15) is 6.54 Å². The molecule has 0 radical (unpaired) electrons. The Balaban J connectivity index is 0.00000784. The van der Waals surface area contributed by atoms with Crippen molar-refractivity contribution in [2.45, 2.75) is 104 Å². The van der Waals surface area contributed by atoms with Crippen LogP contribution >= 0.6 is 0 Å². The second-order valence-electron chi connectivity index (χ2n) is 8.80. The highest BCUT2D eigenvalue weighted by Crippen LogP contribution is 2.22. The predicted octanol–water partition coefficient (Wildman–Crippen LogP) is 5.39. The second kappa shape index (κ2) is 18.2. The molecule has 1 aromatic rings. The fourth-order valence-corrected chi connectivity index (χ4v) is 4.34. The monoisotopic (exact) mass is 465 g/mol. The largest absolute Gasteiger partial charge is 1.00 e. The SMILES string of the molecule is C=Cc1ccc(C[N+](CCCCCC)(CCCCCC)CCCCCC)cc1.[Br-]. The van der Waals surface area contributed by atoms with Crippen molar-refractivity contribution in [2.24, 2.45) is 0 Å². The molecule has 1 aromatic carbocycles. The quantitative estimate of drug-likeness (QED) is 0.201. The van der Waals surface area contributed by atoms with E-state index in [1.807, 2.05) is 6.08 Å². The number of hydrogen-bond donors (Lipinski definition) is 0. The van der Waals surface area contributed by atoms with Crippen LogP contribution in [-0.2, 0) is 6.54 Å². The minimum atomic E-state index is 0. The van der Waals surface area contributed by atoms with Crippen molar-refractivity contribution >= 4 is 6.08 Å². The Labute approximate surface area is 193 Å². The maximum atomic E-state index is 3.91. The number of nitrogens with zero attached hydrogens (tertiary/aromatic N) is 1. The molecule has 168 valence electrons. The Bertz CT molecular complexity index is 462. The normalized spacial score (nSPS) is 11.3. The predicted molar refractivity (Wildman–Crippen MR) is 128 cm³/mol. The van der Waals surface area contributed by atoms with Gasteiger partial charge in [-0.25, -0.2) is 0 Å². The van der Waals surface area contributed by atoms with Gasteiger partial charge in [-0.05, 0) is 44.1 Å². The van der Waals surface area contributed by atoms with Crippen LogP contribution in [0.1, 0.15) is 109 Å². The zero-order valence-corrected chi connectivity index (χ0v) is 21.3. The molecule has 0 aliphatic heterocycles. The lowest BCUT2D eigenvalue weighted by molar-refractivity contribution is -0.941. The van der Waals surface area contributed by atoms with Gasteiger partial charge in [0.15, 0.2) is 0 Å². The fraction of sp³-hybridized carbons (Fsp3) is 0.704. The van der Waals surface area contributed by atoms with Crippen molar-refractivity contribution in [1.82, 2.24) is 0 Å². The van der Waals surface area contributed by atoms with Crippen LogP contribution in [0.3, 0.4) is 0 Å². The molecular weight excluding hydrogens is 418 g/mol. The Morgan fingerprint density at radius 2 is 1.07 bits per heavy atom. The van der Waals surface area contributed by atoms with Crippen LogP contribution in [0, 0.1) is 0 Å². The Morgan fingerprint density at radius 3 is 1.41 bits per heavy atom. The summed E-state index contributed by atoms with van der Waals surface area (Å²) < 4.78 is 1.31. The van der Waals surface area contributed by atoms with Crippen molar-refractivity contribution in [3.8, 4) is 0 Å². The highest BCUT2D eigenvalue weighted by atomic mass is 79.9. The van der Waals surface area contributed by atoms with Crippen molar-refractivity contribution in [2.75, 3.05) is 19.6 Å². The summed E-state index contributed by atoms with van der Waals surface area (Å²) in [6.07, 6.45) is 18.5. The molecule has 0 bridgehead atoms. The van der Waals surface area contributed by atoms with Gasteiger partial charge in [0.25, 0.3) is 0 Å². The molecule has 29 heavy (non-hydrogen) atoms. The van der Waals surface area contributed by atoms with Gasteiger partial charge < -0.3 is 21.5 Å². The first-order valence-electron chi connectivity index (χ1n) is 12.3. The first-order chi connectivity index (χ1) is 13.7. The Morgan fingerprint density at radius 1 is 0.655 bits per heavy atom. The molecule has 1 nitrogen and oxygen atoms in total. The van der Waals surface area contributed by atoms with Gasteiger partial charge in [-0.2, -0.15) is 0 Å². The number of rotatable bonds is 18. The first-order valence-corrected chi connectivity index (χ1v) is 12.3. The zero-order chi connectivity index (χ0) is 20.5. The van der Waals surface area contributed by atoms with Gasteiger partial charge >= 0.3 is 0 Å². The molecule has 0 N–H and O–H groups in total. The van der Waals surface area contributed by atoms with E-state index in [0.717, 1.165) is 0 Å². The minimum Gasteiger partial charge on any atom is -1.00 e. The minimum absolute atomic E-state index is 0. The lowest BCUT2D eigenvalue weighted by atomic mass is 10.1. The van der Waals surface area contributed by atoms with Gasteiger partial charge in [0, 0.05) is 5.56 Å². The molecule has 0 saturated heterocycles. The second-order valence-corrected chi connectivity index (χ2v) is 8.80. The van der Waals surface area contributed by atoms with E-state index < -0.39 is 0 Å². The molecule has 0 atom stereocenters. The standard InChI is InChI=1S/C27H48N.BrH/c1-5-9-12-15-22-28(23-16-13-10-6-2,24-17-14-11-7-3)25-27-20-18-26(8-4)19-21-27;/h8,18-21H,4-7,9-17,22-25H2,1-3H3;1H/q+1;/p-1. The average Bonchev–Trinajstić information content (AvgIpc) is 2.72. The topological polar surface area (TPSA) is 0 Å². The fourth-order valence-electron chi connectivity index (χ4n) is 4.34. The average molecular weight is 467 g/mol. The molecule has 0 aliphatic carbocycles. The van der Waals surface area contributed by atoms with Gasteiger partial charge in [0.05, 0.1) is 19.6 Å². The molecule has 1 rings (SSSR count). The third-order valence-corrected chi connectivity index (χ3v) is 6.19. The third kappa shape index (κ3) is 12.6. The number of halogens is 1. The molecule has 2 heteroatoms. The number of unbranched alkanes of at least 4 members (excludes halogenated alkanes) is 9. The van der Waals surface area contributed by atoms with Crippen LogP contribution in [0.2, 0.25) is 0 Å². The van der Waals surface area contributed by atoms with E-state index in [1.54, 1.807) is 0 Å². The first kappa shape index (κ1) is 28.4. The van der Waals surface area contributed by atoms with Gasteiger partial charge in [-0.15, -0.1) is 0 Å². The van der Waals surface area contributed by atoms with E-state index in [9.17, 15) is 0 Å². The van der Waals surface area contributed by atoms with Crippen LogP contribution < -0.4 is 17.0 Å². The summed E-state index contributed by atoms with van der Waals surface area (Å²) in [5.74, 6) is 0. The molecule has 0 heterocycles. The summed E-state index contributed by atoms with van der Waals surface area (Å²) in [5, 5.41) is 0. The number of benzene rings is 1. The third-order valence-electron chi connectivity index (χ3n) is 6.19. The van der Waals surface area contributed by atoms with Crippen molar-refractivity contribution < 1.29 is 21.5 Å². The summed E-state index contributed by atoms with van der Waals surface area (Å²) in [7, 11) is 0. The van der Waals surface area contributed by atoms with Crippen molar-refractivity contribution in [1.29, 1.82) is 0 Å². The molecule has 0 unspecified atom stereocenters. The Kier molecular flexibility index (Phi) is 17.8. The lowest BCUT2D eigenvalue weighted by Crippen LogP contribution is -3.00. The summed E-state index contributed by atoms with van der Waals surface area (Å²) >= 11 is 0. The van der Waals surface area contributed by atoms with Crippen LogP contribution in [-0.4, -0.2) is 24.1 Å². The molecule has 0 fully saturated rings. The van der Waals surface area contributed by atoms with E-state index in [0.29, 0.717) is 0 Å². The van der Waals surface area contributed by atoms with Gasteiger partial charge in [0.2, 0.25) is 0 Å². The van der Waals surface area contributed by atoms with E-state index in [-0.39, 0.29) is 17.0 Å². The molecule has 0 aromatic heterocycles. The number of quaternary nitrogens is 1. The van der Waals surface area contributed by atoms with Crippen LogP contribution in [0.25, 0.3) is 6.08 Å². The van der Waals surface area contributed by atoms with E-state index >= 15 is 0 Å². The summed E-state index contributed by atoms with van der Waals surface area (Å²) in [6, 6.07) is 9.16.